The molecule has 2 fully saturated rings. The Morgan fingerprint density at radius 2 is 2.12 bits per heavy atom. The van der Waals surface area contributed by atoms with Crippen LogP contribution in [-0.2, 0) is 0 Å². The van der Waals surface area contributed by atoms with Crippen LogP contribution < -0.4 is 5.73 Å². The fourth-order valence-corrected chi connectivity index (χ4v) is 5.44. The molecule has 2 aliphatic rings. The lowest BCUT2D eigenvalue weighted by Crippen LogP contribution is -2.58. The van der Waals surface area contributed by atoms with Crippen LogP contribution in [0.2, 0.25) is 0 Å². The van der Waals surface area contributed by atoms with E-state index in [0.717, 1.165) is 18.5 Å². The SMILES string of the molecule is CC1CC(C)(C)CC1(CN)N(C)C1CCSC1. The predicted molar refractivity (Wildman–Crippen MR) is 77.5 cm³/mol. The highest BCUT2D eigenvalue weighted by molar-refractivity contribution is 7.99. The van der Waals surface area contributed by atoms with Gasteiger partial charge in [0, 0.05) is 23.9 Å². The van der Waals surface area contributed by atoms with Crippen molar-refractivity contribution in [3.05, 3.63) is 0 Å². The van der Waals surface area contributed by atoms with Gasteiger partial charge in [0.05, 0.1) is 0 Å². The highest BCUT2D eigenvalue weighted by Gasteiger charge is 2.51. The molecule has 3 unspecified atom stereocenters. The fourth-order valence-electron chi connectivity index (χ4n) is 4.17. The first kappa shape index (κ1) is 13.7. The van der Waals surface area contributed by atoms with Crippen LogP contribution >= 0.6 is 11.8 Å². The Morgan fingerprint density at radius 1 is 1.41 bits per heavy atom. The molecule has 2 N–H and O–H groups in total. The molecule has 1 heterocycles. The van der Waals surface area contributed by atoms with Gasteiger partial charge in [-0.2, -0.15) is 11.8 Å². The van der Waals surface area contributed by atoms with Crippen molar-refractivity contribution in [2.24, 2.45) is 17.1 Å². The molecule has 0 bridgehead atoms. The average Bonchev–Trinajstić information content (AvgIpc) is 2.83. The van der Waals surface area contributed by atoms with Crippen molar-refractivity contribution >= 4 is 11.8 Å². The van der Waals surface area contributed by atoms with E-state index in [1.807, 2.05) is 0 Å². The zero-order valence-electron chi connectivity index (χ0n) is 11.8. The minimum atomic E-state index is 0.249. The third-order valence-electron chi connectivity index (χ3n) is 5.07. The summed E-state index contributed by atoms with van der Waals surface area (Å²) in [4.78, 5) is 2.65. The molecule has 2 rings (SSSR count). The molecule has 1 saturated heterocycles. The minimum absolute atomic E-state index is 0.249. The Balaban J connectivity index is 2.18. The van der Waals surface area contributed by atoms with E-state index in [1.54, 1.807) is 0 Å². The zero-order valence-corrected chi connectivity index (χ0v) is 12.6. The summed E-state index contributed by atoms with van der Waals surface area (Å²) in [5.41, 5.74) is 6.91. The van der Waals surface area contributed by atoms with E-state index < -0.39 is 0 Å². The van der Waals surface area contributed by atoms with Crippen molar-refractivity contribution in [3.8, 4) is 0 Å². The Morgan fingerprint density at radius 3 is 2.53 bits per heavy atom. The van der Waals surface area contributed by atoms with Gasteiger partial charge in [0.2, 0.25) is 0 Å². The first-order valence-electron chi connectivity index (χ1n) is 6.92. The Kier molecular flexibility index (Phi) is 3.82. The third kappa shape index (κ3) is 2.39. The topological polar surface area (TPSA) is 29.3 Å². The van der Waals surface area contributed by atoms with Gasteiger partial charge in [-0.25, -0.2) is 0 Å². The lowest BCUT2D eigenvalue weighted by Gasteiger charge is -2.45. The van der Waals surface area contributed by atoms with Crippen molar-refractivity contribution in [2.45, 2.75) is 51.6 Å². The Labute approximate surface area is 111 Å². The van der Waals surface area contributed by atoms with Gasteiger partial charge in [-0.15, -0.1) is 0 Å². The molecule has 17 heavy (non-hydrogen) atoms. The first-order chi connectivity index (χ1) is 7.91. The second-order valence-electron chi connectivity index (χ2n) is 6.88. The quantitative estimate of drug-likeness (QED) is 0.841. The summed E-state index contributed by atoms with van der Waals surface area (Å²) in [5, 5.41) is 0. The minimum Gasteiger partial charge on any atom is -0.329 e. The lowest BCUT2D eigenvalue weighted by molar-refractivity contribution is 0.0538. The van der Waals surface area contributed by atoms with E-state index >= 15 is 0 Å². The van der Waals surface area contributed by atoms with Crippen LogP contribution in [0.15, 0.2) is 0 Å². The standard InChI is InChI=1S/C14H28N2S/c1-11-7-13(2,3)9-14(11,10-15)16(4)12-5-6-17-8-12/h11-12H,5-10,15H2,1-4H3. The van der Waals surface area contributed by atoms with E-state index in [2.05, 4.69) is 44.5 Å². The molecule has 0 aromatic heterocycles. The molecule has 3 heteroatoms. The normalized spacial score (nSPS) is 41.3. The largest absolute Gasteiger partial charge is 0.329 e. The molecule has 1 aliphatic carbocycles. The van der Waals surface area contributed by atoms with Crippen molar-refractivity contribution in [1.29, 1.82) is 0 Å². The number of nitrogens with two attached hydrogens (primary N) is 1. The molecule has 0 amide bonds. The van der Waals surface area contributed by atoms with Gasteiger partial charge in [-0.1, -0.05) is 20.8 Å². The Bertz CT molecular complexity index is 273. The van der Waals surface area contributed by atoms with Crippen LogP contribution in [-0.4, -0.2) is 41.6 Å². The van der Waals surface area contributed by atoms with Crippen LogP contribution in [0.25, 0.3) is 0 Å². The van der Waals surface area contributed by atoms with E-state index in [-0.39, 0.29) is 5.54 Å². The van der Waals surface area contributed by atoms with Crippen molar-refractivity contribution in [1.82, 2.24) is 4.90 Å². The maximum absolute atomic E-state index is 6.20. The lowest BCUT2D eigenvalue weighted by atomic mass is 9.84. The Hall–Kier alpha value is 0.270. The summed E-state index contributed by atoms with van der Waals surface area (Å²) in [6.45, 7) is 8.02. The highest BCUT2D eigenvalue weighted by Crippen LogP contribution is 2.50. The number of likely N-dealkylation sites (N-methyl/N-ethyl adjacent to an activating group) is 1. The van der Waals surface area contributed by atoms with Crippen LogP contribution in [0.5, 0.6) is 0 Å². The molecule has 0 spiro atoms. The smallest absolute Gasteiger partial charge is 0.0362 e. The maximum Gasteiger partial charge on any atom is 0.0362 e. The third-order valence-corrected chi connectivity index (χ3v) is 6.21. The molecule has 0 radical (unpaired) electrons. The summed E-state index contributed by atoms with van der Waals surface area (Å²) in [6, 6.07) is 0.750. The number of nitrogens with zero attached hydrogens (tertiary/aromatic N) is 1. The van der Waals surface area contributed by atoms with Crippen molar-refractivity contribution < 1.29 is 0 Å². The number of rotatable bonds is 3. The van der Waals surface area contributed by atoms with E-state index in [4.69, 9.17) is 5.73 Å². The molecule has 2 nitrogen and oxygen atoms in total. The van der Waals surface area contributed by atoms with E-state index in [9.17, 15) is 0 Å². The van der Waals surface area contributed by atoms with Crippen molar-refractivity contribution in [3.63, 3.8) is 0 Å². The number of hydrogen-bond acceptors (Lipinski definition) is 3. The zero-order chi connectivity index (χ0) is 12.7. The highest BCUT2D eigenvalue weighted by atomic mass is 32.2. The summed E-state index contributed by atoms with van der Waals surface area (Å²) >= 11 is 2.10. The van der Waals surface area contributed by atoms with Gasteiger partial charge in [0.1, 0.15) is 0 Å². The molecular weight excluding hydrogens is 228 g/mol. The fraction of sp³-hybridized carbons (Fsp3) is 1.00. The van der Waals surface area contributed by atoms with Gasteiger partial charge in [-0.3, -0.25) is 4.90 Å². The number of thioether (sulfide) groups is 1. The van der Waals surface area contributed by atoms with Gasteiger partial charge < -0.3 is 5.73 Å². The summed E-state index contributed by atoms with van der Waals surface area (Å²) in [5.74, 6) is 3.34. The second kappa shape index (κ2) is 4.75. The van der Waals surface area contributed by atoms with Crippen LogP contribution in [0.1, 0.15) is 40.0 Å². The van der Waals surface area contributed by atoms with Gasteiger partial charge >= 0.3 is 0 Å². The van der Waals surface area contributed by atoms with Gasteiger partial charge in [-0.05, 0) is 43.4 Å². The van der Waals surface area contributed by atoms with Gasteiger partial charge in [0.15, 0.2) is 0 Å². The van der Waals surface area contributed by atoms with E-state index in [1.165, 1.54) is 30.8 Å². The summed E-state index contributed by atoms with van der Waals surface area (Å²) in [7, 11) is 2.32. The molecule has 0 aromatic rings. The molecule has 1 aliphatic heterocycles. The number of hydrogen-bond donors (Lipinski definition) is 1. The van der Waals surface area contributed by atoms with Crippen LogP contribution in [0.4, 0.5) is 0 Å². The predicted octanol–water partition coefficient (Wildman–Crippen LogP) is 2.58. The van der Waals surface area contributed by atoms with Gasteiger partial charge in [0.25, 0.3) is 0 Å². The van der Waals surface area contributed by atoms with Crippen LogP contribution in [0.3, 0.4) is 0 Å². The summed E-state index contributed by atoms with van der Waals surface area (Å²) < 4.78 is 0. The molecule has 0 aromatic carbocycles. The molecule has 1 saturated carbocycles. The molecule has 3 atom stereocenters. The summed E-state index contributed by atoms with van der Waals surface area (Å²) in [6.07, 6.45) is 3.92. The maximum atomic E-state index is 6.20. The monoisotopic (exact) mass is 256 g/mol. The van der Waals surface area contributed by atoms with Crippen LogP contribution in [0, 0.1) is 11.3 Å². The average molecular weight is 256 g/mol. The second-order valence-corrected chi connectivity index (χ2v) is 8.03. The van der Waals surface area contributed by atoms with Crippen molar-refractivity contribution in [2.75, 3.05) is 25.1 Å². The van der Waals surface area contributed by atoms with E-state index in [0.29, 0.717) is 5.41 Å². The first-order valence-corrected chi connectivity index (χ1v) is 8.07. The molecule has 100 valence electrons. The molecular formula is C14H28N2S.